The van der Waals surface area contributed by atoms with Crippen LogP contribution in [0.2, 0.25) is 0 Å². The minimum atomic E-state index is -3.55. The fourth-order valence-corrected chi connectivity index (χ4v) is 3.67. The summed E-state index contributed by atoms with van der Waals surface area (Å²) in [6.45, 7) is 0. The summed E-state index contributed by atoms with van der Waals surface area (Å²) in [5.74, 6) is -0.680. The van der Waals surface area contributed by atoms with E-state index in [0.717, 1.165) is 0 Å². The second-order valence-corrected chi connectivity index (χ2v) is 6.69. The second kappa shape index (κ2) is 4.59. The summed E-state index contributed by atoms with van der Waals surface area (Å²) in [5.41, 5.74) is 1.54. The summed E-state index contributed by atoms with van der Waals surface area (Å²) in [6, 6.07) is 4.90. The predicted molar refractivity (Wildman–Crippen MR) is 75.6 cm³/mol. The van der Waals surface area contributed by atoms with Gasteiger partial charge in [-0.05, 0) is 17.7 Å². The topological polar surface area (TPSA) is 87.1 Å². The number of rotatable bonds is 3. The van der Waals surface area contributed by atoms with Crippen molar-refractivity contribution in [3.63, 3.8) is 0 Å². The lowest BCUT2D eigenvalue weighted by Gasteiger charge is -2.04. The molecule has 21 heavy (non-hydrogen) atoms. The van der Waals surface area contributed by atoms with Crippen LogP contribution >= 0.6 is 0 Å². The zero-order chi connectivity index (χ0) is 15.2. The van der Waals surface area contributed by atoms with E-state index >= 15 is 0 Å². The third-order valence-electron chi connectivity index (χ3n) is 3.27. The van der Waals surface area contributed by atoms with E-state index in [2.05, 4.69) is 4.98 Å². The maximum Gasteiger partial charge on any atom is 0.419 e. The number of sulfone groups is 1. The summed E-state index contributed by atoms with van der Waals surface area (Å²) in [6.07, 6.45) is 3.01. The van der Waals surface area contributed by atoms with Gasteiger partial charge in [0, 0.05) is 26.5 Å². The van der Waals surface area contributed by atoms with Gasteiger partial charge in [-0.25, -0.2) is 18.2 Å². The van der Waals surface area contributed by atoms with Gasteiger partial charge < -0.3 is 8.98 Å². The highest BCUT2D eigenvalue weighted by Crippen LogP contribution is 2.19. The third-order valence-corrected chi connectivity index (χ3v) is 4.93. The van der Waals surface area contributed by atoms with Crippen LogP contribution in [0.1, 0.15) is 5.56 Å². The Bertz CT molecular complexity index is 978. The molecule has 0 amide bonds. The monoisotopic (exact) mass is 307 g/mol. The minimum Gasteiger partial charge on any atom is -0.408 e. The van der Waals surface area contributed by atoms with Gasteiger partial charge in [0.05, 0.1) is 11.3 Å². The first kappa shape index (κ1) is 13.6. The van der Waals surface area contributed by atoms with Crippen LogP contribution in [0.3, 0.4) is 0 Å². The molecule has 7 nitrogen and oxygen atoms in total. The molecule has 0 radical (unpaired) electrons. The minimum absolute atomic E-state index is 0.0112. The van der Waals surface area contributed by atoms with E-state index in [-0.39, 0.29) is 10.9 Å². The van der Waals surface area contributed by atoms with Crippen LogP contribution in [-0.4, -0.2) is 22.5 Å². The molecule has 2 aromatic heterocycles. The molecule has 3 rings (SSSR count). The molecule has 0 unspecified atom stereocenters. The zero-order valence-corrected chi connectivity index (χ0v) is 12.3. The van der Waals surface area contributed by atoms with Crippen molar-refractivity contribution in [1.82, 2.24) is 14.1 Å². The lowest BCUT2D eigenvalue weighted by atomic mass is 10.2. The number of aryl methyl sites for hydroxylation is 2. The molecule has 0 aliphatic heterocycles. The van der Waals surface area contributed by atoms with Crippen molar-refractivity contribution in [2.45, 2.75) is 10.9 Å². The van der Waals surface area contributed by atoms with Gasteiger partial charge in [-0.15, -0.1) is 0 Å². The molecule has 0 aliphatic carbocycles. The highest BCUT2D eigenvalue weighted by Gasteiger charge is 2.20. The number of benzene rings is 1. The average molecular weight is 307 g/mol. The van der Waals surface area contributed by atoms with E-state index in [1.807, 2.05) is 0 Å². The SMILES string of the molecule is Cn1ccnc1S(=O)(=O)Cc1ccc2c(c1)oc(=O)n2C. The molecule has 0 fully saturated rings. The van der Waals surface area contributed by atoms with Crippen molar-refractivity contribution < 1.29 is 12.8 Å². The number of hydrogen-bond donors (Lipinski definition) is 0. The van der Waals surface area contributed by atoms with Crippen molar-refractivity contribution in [3.8, 4) is 0 Å². The number of oxazole rings is 1. The summed E-state index contributed by atoms with van der Waals surface area (Å²) in [5, 5.41) is 0.0112. The molecule has 0 atom stereocenters. The first-order chi connectivity index (χ1) is 9.88. The van der Waals surface area contributed by atoms with Gasteiger partial charge in [0.25, 0.3) is 0 Å². The molecule has 3 aromatic rings. The lowest BCUT2D eigenvalue weighted by molar-refractivity contribution is 0.528. The quantitative estimate of drug-likeness (QED) is 0.715. The molecule has 2 heterocycles. The lowest BCUT2D eigenvalue weighted by Crippen LogP contribution is -2.10. The summed E-state index contributed by atoms with van der Waals surface area (Å²) < 4.78 is 32.5. The maximum atomic E-state index is 12.3. The van der Waals surface area contributed by atoms with Gasteiger partial charge in [0.1, 0.15) is 0 Å². The maximum absolute atomic E-state index is 12.3. The molecular weight excluding hydrogens is 294 g/mol. The Morgan fingerprint density at radius 2 is 2.05 bits per heavy atom. The van der Waals surface area contributed by atoms with E-state index in [1.165, 1.54) is 15.3 Å². The largest absolute Gasteiger partial charge is 0.419 e. The van der Waals surface area contributed by atoms with Gasteiger partial charge in [-0.2, -0.15) is 0 Å². The molecule has 0 bridgehead atoms. The Hall–Kier alpha value is -2.35. The molecule has 0 saturated heterocycles. The molecule has 0 spiro atoms. The zero-order valence-electron chi connectivity index (χ0n) is 11.5. The molecule has 8 heteroatoms. The van der Waals surface area contributed by atoms with Gasteiger partial charge in [0.15, 0.2) is 5.58 Å². The summed E-state index contributed by atoms with van der Waals surface area (Å²) in [4.78, 5) is 15.3. The highest BCUT2D eigenvalue weighted by molar-refractivity contribution is 7.90. The number of imidazole rings is 1. The van der Waals surface area contributed by atoms with Gasteiger partial charge in [0.2, 0.25) is 15.0 Å². The fourth-order valence-electron chi connectivity index (χ4n) is 2.20. The Labute approximate surface area is 120 Å². The number of nitrogens with zero attached hydrogens (tertiary/aromatic N) is 3. The number of aromatic nitrogens is 3. The van der Waals surface area contributed by atoms with Gasteiger partial charge in [-0.3, -0.25) is 4.57 Å². The standard InChI is InChI=1S/C13H13N3O4S/c1-15-6-5-14-12(15)21(18,19)8-9-3-4-10-11(7-9)20-13(17)16(10)2/h3-7H,8H2,1-2H3. The van der Waals surface area contributed by atoms with Crippen LogP contribution < -0.4 is 5.76 Å². The first-order valence-corrected chi connectivity index (χ1v) is 7.82. The Morgan fingerprint density at radius 1 is 1.29 bits per heavy atom. The van der Waals surface area contributed by atoms with Gasteiger partial charge in [-0.1, -0.05) is 6.07 Å². The van der Waals surface area contributed by atoms with Crippen molar-refractivity contribution in [2.24, 2.45) is 14.1 Å². The van der Waals surface area contributed by atoms with E-state index < -0.39 is 15.6 Å². The Kier molecular flexibility index (Phi) is 2.98. The van der Waals surface area contributed by atoms with E-state index in [0.29, 0.717) is 16.7 Å². The molecule has 0 saturated carbocycles. The average Bonchev–Trinajstić information content (AvgIpc) is 2.95. The molecule has 110 valence electrons. The van der Waals surface area contributed by atoms with Crippen molar-refractivity contribution in [3.05, 3.63) is 46.7 Å². The van der Waals surface area contributed by atoms with Crippen molar-refractivity contribution in [2.75, 3.05) is 0 Å². The fraction of sp³-hybridized carbons (Fsp3) is 0.231. The van der Waals surface area contributed by atoms with Crippen LogP contribution in [0, 0.1) is 0 Å². The molecule has 0 N–H and O–H groups in total. The molecule has 0 aliphatic rings. The summed E-state index contributed by atoms with van der Waals surface area (Å²) >= 11 is 0. The van der Waals surface area contributed by atoms with Crippen LogP contribution in [0.4, 0.5) is 0 Å². The first-order valence-electron chi connectivity index (χ1n) is 6.17. The van der Waals surface area contributed by atoms with Crippen molar-refractivity contribution >= 4 is 20.9 Å². The van der Waals surface area contributed by atoms with Crippen molar-refractivity contribution in [1.29, 1.82) is 0 Å². The highest BCUT2D eigenvalue weighted by atomic mass is 32.2. The smallest absolute Gasteiger partial charge is 0.408 e. The molecular formula is C13H13N3O4S. The normalized spacial score (nSPS) is 12.1. The second-order valence-electron chi connectivity index (χ2n) is 4.81. The predicted octanol–water partition coefficient (Wildman–Crippen LogP) is 0.839. The van der Waals surface area contributed by atoms with Crippen LogP contribution in [0.15, 0.2) is 45.0 Å². The van der Waals surface area contributed by atoms with Gasteiger partial charge >= 0.3 is 5.76 Å². The number of fused-ring (bicyclic) bond motifs is 1. The van der Waals surface area contributed by atoms with E-state index in [4.69, 9.17) is 4.42 Å². The van der Waals surface area contributed by atoms with Crippen LogP contribution in [0.5, 0.6) is 0 Å². The summed E-state index contributed by atoms with van der Waals surface area (Å²) in [7, 11) is -0.327. The molecule has 1 aromatic carbocycles. The van der Waals surface area contributed by atoms with E-state index in [9.17, 15) is 13.2 Å². The Balaban J connectivity index is 2.02. The van der Waals surface area contributed by atoms with E-state index in [1.54, 1.807) is 38.5 Å². The number of hydrogen-bond acceptors (Lipinski definition) is 5. The van der Waals surface area contributed by atoms with Crippen LogP contribution in [-0.2, 0) is 29.7 Å². The Morgan fingerprint density at radius 3 is 2.71 bits per heavy atom. The van der Waals surface area contributed by atoms with Crippen LogP contribution in [0.25, 0.3) is 11.1 Å². The third kappa shape index (κ3) is 2.27.